The van der Waals surface area contributed by atoms with Crippen LogP contribution in [0.2, 0.25) is 0 Å². The molecule has 3 N–H and O–H groups in total. The van der Waals surface area contributed by atoms with E-state index in [9.17, 15) is 9.59 Å². The Morgan fingerprint density at radius 2 is 2.14 bits per heavy atom. The molecule has 2 aromatic rings. The molecule has 21 heavy (non-hydrogen) atoms. The molecule has 3 rings (SSSR count). The summed E-state index contributed by atoms with van der Waals surface area (Å²) >= 11 is 0. The molecule has 0 fully saturated rings. The van der Waals surface area contributed by atoms with Crippen LogP contribution in [0.25, 0.3) is 0 Å². The third-order valence-electron chi connectivity index (χ3n) is 3.12. The summed E-state index contributed by atoms with van der Waals surface area (Å²) in [5.74, 6) is 0.400. The molecule has 0 saturated carbocycles. The van der Waals surface area contributed by atoms with Gasteiger partial charge in [-0.3, -0.25) is 9.59 Å². The van der Waals surface area contributed by atoms with Crippen LogP contribution in [0.5, 0.6) is 0 Å². The van der Waals surface area contributed by atoms with Crippen molar-refractivity contribution in [2.75, 3.05) is 16.0 Å². The fourth-order valence-corrected chi connectivity index (χ4v) is 2.14. The van der Waals surface area contributed by atoms with E-state index >= 15 is 0 Å². The predicted molar refractivity (Wildman–Crippen MR) is 77.0 cm³/mol. The van der Waals surface area contributed by atoms with Crippen molar-refractivity contribution in [2.24, 2.45) is 0 Å². The molecular formula is C14H14N4O3. The molecule has 0 spiro atoms. The van der Waals surface area contributed by atoms with Gasteiger partial charge in [0.2, 0.25) is 11.8 Å². The second-order valence-electron chi connectivity index (χ2n) is 4.81. The van der Waals surface area contributed by atoms with Crippen molar-refractivity contribution in [1.82, 2.24) is 5.16 Å². The van der Waals surface area contributed by atoms with E-state index in [1.165, 1.54) is 0 Å². The Morgan fingerprint density at radius 3 is 2.86 bits per heavy atom. The van der Waals surface area contributed by atoms with E-state index in [1.54, 1.807) is 19.1 Å². The van der Waals surface area contributed by atoms with Gasteiger partial charge in [0.25, 0.3) is 0 Å². The van der Waals surface area contributed by atoms with Crippen LogP contribution in [0.15, 0.2) is 34.9 Å². The van der Waals surface area contributed by atoms with Crippen LogP contribution in [-0.4, -0.2) is 23.0 Å². The molecule has 2 heterocycles. The summed E-state index contributed by atoms with van der Waals surface area (Å²) in [5, 5.41) is 12.1. The number of nitrogens with one attached hydrogen (secondary N) is 3. The van der Waals surface area contributed by atoms with Crippen molar-refractivity contribution in [3.8, 4) is 0 Å². The zero-order valence-electron chi connectivity index (χ0n) is 11.3. The van der Waals surface area contributed by atoms with Crippen molar-refractivity contribution in [1.29, 1.82) is 0 Å². The Kier molecular flexibility index (Phi) is 3.31. The van der Waals surface area contributed by atoms with Crippen molar-refractivity contribution >= 4 is 29.0 Å². The van der Waals surface area contributed by atoms with E-state index in [0.717, 1.165) is 5.69 Å². The molecule has 2 amide bonds. The van der Waals surface area contributed by atoms with Gasteiger partial charge in [0.1, 0.15) is 11.8 Å². The average molecular weight is 286 g/mol. The number of aromatic nitrogens is 1. The summed E-state index contributed by atoms with van der Waals surface area (Å²) in [6.45, 7) is 1.73. The minimum Gasteiger partial charge on any atom is -0.372 e. The highest BCUT2D eigenvalue weighted by Gasteiger charge is 2.27. The lowest BCUT2D eigenvalue weighted by molar-refractivity contribution is -0.122. The maximum Gasteiger partial charge on any atom is 0.247 e. The van der Waals surface area contributed by atoms with Crippen LogP contribution in [-0.2, 0) is 9.59 Å². The number of benzene rings is 1. The number of rotatable bonds is 3. The van der Waals surface area contributed by atoms with Crippen LogP contribution in [0, 0.1) is 6.92 Å². The molecule has 1 atom stereocenters. The maximum atomic E-state index is 12.0. The van der Waals surface area contributed by atoms with E-state index < -0.39 is 6.04 Å². The van der Waals surface area contributed by atoms with Crippen LogP contribution in [0.3, 0.4) is 0 Å². The second kappa shape index (κ2) is 5.28. The Hall–Kier alpha value is -2.83. The summed E-state index contributed by atoms with van der Waals surface area (Å²) in [4.78, 5) is 23.9. The fourth-order valence-electron chi connectivity index (χ4n) is 2.14. The standard InChI is InChI=1S/C14H14N4O3/c1-8-6-12(18-21-8)17-13(19)7-11-14(20)16-10-5-3-2-4-9(10)15-11/h2-6,11,15H,7H2,1H3,(H,16,20)(H,17,18,19). The first-order valence-corrected chi connectivity index (χ1v) is 6.51. The molecule has 7 heteroatoms. The largest absolute Gasteiger partial charge is 0.372 e. The summed E-state index contributed by atoms with van der Waals surface area (Å²) in [6, 6.07) is 8.34. The number of carbonyl (C=O) groups is 2. The molecule has 1 aliphatic heterocycles. The van der Waals surface area contributed by atoms with Crippen molar-refractivity contribution in [3.63, 3.8) is 0 Å². The summed E-state index contributed by atoms with van der Waals surface area (Å²) in [7, 11) is 0. The number of carbonyl (C=O) groups excluding carboxylic acids is 2. The first-order valence-electron chi connectivity index (χ1n) is 6.51. The first-order chi connectivity index (χ1) is 10.1. The summed E-state index contributed by atoms with van der Waals surface area (Å²) in [5.41, 5.74) is 1.51. The Bertz CT molecular complexity index is 695. The highest BCUT2D eigenvalue weighted by atomic mass is 16.5. The molecular weight excluding hydrogens is 272 g/mol. The van der Waals surface area contributed by atoms with Gasteiger partial charge in [-0.05, 0) is 19.1 Å². The van der Waals surface area contributed by atoms with Gasteiger partial charge in [-0.15, -0.1) is 0 Å². The number of aryl methyl sites for hydroxylation is 1. The molecule has 1 unspecified atom stereocenters. The monoisotopic (exact) mass is 286 g/mol. The number of fused-ring (bicyclic) bond motifs is 1. The SMILES string of the molecule is Cc1cc(NC(=O)CC2Nc3ccccc3NC2=O)no1. The minimum absolute atomic E-state index is 0.00603. The normalized spacial score (nSPS) is 16.6. The Balaban J connectivity index is 1.65. The molecule has 1 aromatic carbocycles. The van der Waals surface area contributed by atoms with Crippen molar-refractivity contribution in [2.45, 2.75) is 19.4 Å². The molecule has 1 aliphatic rings. The Morgan fingerprint density at radius 1 is 1.38 bits per heavy atom. The summed E-state index contributed by atoms with van der Waals surface area (Å²) < 4.78 is 4.86. The van der Waals surface area contributed by atoms with Crippen LogP contribution in [0.4, 0.5) is 17.2 Å². The van der Waals surface area contributed by atoms with E-state index in [2.05, 4.69) is 21.1 Å². The van der Waals surface area contributed by atoms with Gasteiger partial charge in [0, 0.05) is 6.07 Å². The third kappa shape index (κ3) is 2.86. The Labute approximate surface area is 120 Å². The van der Waals surface area contributed by atoms with Crippen molar-refractivity contribution < 1.29 is 14.1 Å². The molecule has 0 saturated heterocycles. The molecule has 1 aromatic heterocycles. The summed E-state index contributed by atoms with van der Waals surface area (Å²) in [6.07, 6.45) is 0.00603. The van der Waals surface area contributed by atoms with Gasteiger partial charge in [-0.2, -0.15) is 0 Å². The second-order valence-corrected chi connectivity index (χ2v) is 4.81. The quantitative estimate of drug-likeness (QED) is 0.798. The minimum atomic E-state index is -0.618. The lowest BCUT2D eigenvalue weighted by Crippen LogP contribution is -2.41. The third-order valence-corrected chi connectivity index (χ3v) is 3.12. The smallest absolute Gasteiger partial charge is 0.247 e. The van der Waals surface area contributed by atoms with E-state index in [0.29, 0.717) is 17.3 Å². The van der Waals surface area contributed by atoms with E-state index in [4.69, 9.17) is 4.52 Å². The molecule has 0 radical (unpaired) electrons. The van der Waals surface area contributed by atoms with Crippen LogP contribution < -0.4 is 16.0 Å². The maximum absolute atomic E-state index is 12.0. The average Bonchev–Trinajstić information content (AvgIpc) is 2.85. The highest BCUT2D eigenvalue weighted by Crippen LogP contribution is 2.26. The number of hydrogen-bond donors (Lipinski definition) is 3. The molecule has 7 nitrogen and oxygen atoms in total. The van der Waals surface area contributed by atoms with Gasteiger partial charge in [-0.1, -0.05) is 17.3 Å². The van der Waals surface area contributed by atoms with Gasteiger partial charge >= 0.3 is 0 Å². The molecule has 108 valence electrons. The number of amides is 2. The predicted octanol–water partition coefficient (Wildman–Crippen LogP) is 1.74. The van der Waals surface area contributed by atoms with E-state index in [1.807, 2.05) is 18.2 Å². The topological polar surface area (TPSA) is 96.3 Å². The van der Waals surface area contributed by atoms with Crippen LogP contribution in [0.1, 0.15) is 12.2 Å². The number of nitrogens with zero attached hydrogens (tertiary/aromatic N) is 1. The highest BCUT2D eigenvalue weighted by molar-refractivity contribution is 6.05. The number of hydrogen-bond acceptors (Lipinski definition) is 5. The molecule has 0 bridgehead atoms. The lowest BCUT2D eigenvalue weighted by atomic mass is 10.1. The van der Waals surface area contributed by atoms with Gasteiger partial charge in [0.15, 0.2) is 5.82 Å². The number of anilines is 3. The molecule has 0 aliphatic carbocycles. The fraction of sp³-hybridized carbons (Fsp3) is 0.214. The van der Waals surface area contributed by atoms with Crippen LogP contribution >= 0.6 is 0 Å². The van der Waals surface area contributed by atoms with Gasteiger partial charge in [0.05, 0.1) is 17.8 Å². The van der Waals surface area contributed by atoms with E-state index in [-0.39, 0.29) is 18.2 Å². The van der Waals surface area contributed by atoms with Gasteiger partial charge in [-0.25, -0.2) is 0 Å². The van der Waals surface area contributed by atoms with Gasteiger partial charge < -0.3 is 20.5 Å². The lowest BCUT2D eigenvalue weighted by Gasteiger charge is -2.26. The zero-order chi connectivity index (χ0) is 14.8. The number of para-hydroxylation sites is 2. The first kappa shape index (κ1) is 13.2. The van der Waals surface area contributed by atoms with Crippen molar-refractivity contribution in [3.05, 3.63) is 36.1 Å². The zero-order valence-corrected chi connectivity index (χ0v) is 11.3.